The molecule has 6 nitrogen and oxygen atoms in total. The van der Waals surface area contributed by atoms with Crippen LogP contribution in [0.5, 0.6) is 0 Å². The number of halogens is 2. The van der Waals surface area contributed by atoms with E-state index < -0.39 is 11.6 Å². The summed E-state index contributed by atoms with van der Waals surface area (Å²) in [5.41, 5.74) is 0.655. The lowest BCUT2D eigenvalue weighted by Crippen LogP contribution is -2.40. The second-order valence-corrected chi connectivity index (χ2v) is 7.66. The number of ether oxygens (including phenoxy) is 1. The molecule has 1 aliphatic rings. The van der Waals surface area contributed by atoms with Crippen molar-refractivity contribution in [3.63, 3.8) is 0 Å². The van der Waals surface area contributed by atoms with Gasteiger partial charge in [0.15, 0.2) is 5.69 Å². The van der Waals surface area contributed by atoms with E-state index in [-0.39, 0.29) is 24.2 Å². The molecular formula is C21H27F2N3O3. The monoisotopic (exact) mass is 407 g/mol. The Morgan fingerprint density at radius 2 is 1.93 bits per heavy atom. The molecule has 0 radical (unpaired) electrons. The quantitative estimate of drug-likeness (QED) is 0.703. The van der Waals surface area contributed by atoms with Gasteiger partial charge in [-0.05, 0) is 18.9 Å². The molecule has 3 rings (SSSR count). The van der Waals surface area contributed by atoms with Crippen molar-refractivity contribution in [1.82, 2.24) is 14.8 Å². The number of morpholine rings is 1. The molecule has 0 N–H and O–H groups in total. The summed E-state index contributed by atoms with van der Waals surface area (Å²) in [4.78, 5) is 20.6. The number of amides is 1. The van der Waals surface area contributed by atoms with Crippen LogP contribution in [0.25, 0.3) is 0 Å². The van der Waals surface area contributed by atoms with E-state index in [0.717, 1.165) is 6.07 Å². The van der Waals surface area contributed by atoms with E-state index in [2.05, 4.69) is 18.8 Å². The first-order valence-corrected chi connectivity index (χ1v) is 9.84. The van der Waals surface area contributed by atoms with Gasteiger partial charge in [-0.1, -0.05) is 19.9 Å². The van der Waals surface area contributed by atoms with E-state index in [1.165, 1.54) is 18.4 Å². The molecule has 0 spiro atoms. The molecular weight excluding hydrogens is 380 g/mol. The van der Waals surface area contributed by atoms with Crippen molar-refractivity contribution in [2.24, 2.45) is 5.92 Å². The van der Waals surface area contributed by atoms with Crippen LogP contribution in [0.1, 0.15) is 42.7 Å². The molecule has 158 valence electrons. The Balaban J connectivity index is 1.74. The molecule has 1 unspecified atom stereocenters. The minimum absolute atomic E-state index is 0.0877. The Morgan fingerprint density at radius 1 is 1.21 bits per heavy atom. The normalized spacial score (nSPS) is 15.9. The van der Waals surface area contributed by atoms with Gasteiger partial charge in [-0.2, -0.15) is 0 Å². The summed E-state index contributed by atoms with van der Waals surface area (Å²) >= 11 is 0. The van der Waals surface area contributed by atoms with Crippen LogP contribution in [-0.2, 0) is 17.8 Å². The van der Waals surface area contributed by atoms with Crippen molar-refractivity contribution < 1.29 is 22.7 Å². The lowest BCUT2D eigenvalue weighted by Gasteiger charge is -2.31. The molecule has 0 bridgehead atoms. The molecule has 1 fully saturated rings. The standard InChI is InChI=1S/C21H27F2N3O3/c1-14(2)15(3)26(11-16-4-5-17(22)10-18(16)23)12-20-24-19(13-29-20)21(27)25-6-8-28-9-7-25/h4-5,10,13-15H,6-9,11-12H2,1-3H3. The summed E-state index contributed by atoms with van der Waals surface area (Å²) in [5, 5.41) is 0. The molecule has 2 heterocycles. The smallest absolute Gasteiger partial charge is 0.275 e. The topological polar surface area (TPSA) is 58.8 Å². The third kappa shape index (κ3) is 5.39. The van der Waals surface area contributed by atoms with E-state index in [4.69, 9.17) is 9.15 Å². The van der Waals surface area contributed by atoms with Crippen LogP contribution < -0.4 is 0 Å². The molecule has 0 saturated carbocycles. The number of hydrogen-bond acceptors (Lipinski definition) is 5. The van der Waals surface area contributed by atoms with Gasteiger partial charge < -0.3 is 14.1 Å². The SMILES string of the molecule is CC(C)C(C)N(Cc1nc(C(=O)N2CCOCC2)co1)Cc1ccc(F)cc1F. The van der Waals surface area contributed by atoms with E-state index >= 15 is 0 Å². The summed E-state index contributed by atoms with van der Waals surface area (Å²) < 4.78 is 38.2. The maximum absolute atomic E-state index is 14.2. The third-order valence-corrected chi connectivity index (χ3v) is 5.34. The fourth-order valence-electron chi connectivity index (χ4n) is 3.22. The van der Waals surface area contributed by atoms with Gasteiger partial charge in [0.05, 0.1) is 19.8 Å². The minimum Gasteiger partial charge on any atom is -0.447 e. The zero-order valence-electron chi connectivity index (χ0n) is 17.0. The molecule has 1 atom stereocenters. The zero-order chi connectivity index (χ0) is 21.0. The number of oxazole rings is 1. The Hall–Kier alpha value is -2.32. The van der Waals surface area contributed by atoms with Crippen LogP contribution in [0.2, 0.25) is 0 Å². The first kappa shape index (κ1) is 21.4. The fourth-order valence-corrected chi connectivity index (χ4v) is 3.22. The number of carbonyl (C=O) groups is 1. The van der Waals surface area contributed by atoms with E-state index in [1.807, 2.05) is 11.8 Å². The van der Waals surface area contributed by atoms with Crippen molar-refractivity contribution in [3.8, 4) is 0 Å². The van der Waals surface area contributed by atoms with Crippen LogP contribution in [0, 0.1) is 17.6 Å². The fraction of sp³-hybridized carbons (Fsp3) is 0.524. The zero-order valence-corrected chi connectivity index (χ0v) is 17.0. The number of aromatic nitrogens is 1. The van der Waals surface area contributed by atoms with E-state index in [9.17, 15) is 13.6 Å². The summed E-state index contributed by atoms with van der Waals surface area (Å²) in [5.74, 6) is -0.689. The predicted molar refractivity (Wildman–Crippen MR) is 103 cm³/mol. The molecule has 1 amide bonds. The van der Waals surface area contributed by atoms with Gasteiger partial charge in [-0.3, -0.25) is 9.69 Å². The average molecular weight is 407 g/mol. The number of benzene rings is 1. The third-order valence-electron chi connectivity index (χ3n) is 5.34. The van der Waals surface area contributed by atoms with Crippen LogP contribution >= 0.6 is 0 Å². The highest BCUT2D eigenvalue weighted by molar-refractivity contribution is 5.92. The Kier molecular flexibility index (Phi) is 6.97. The maximum Gasteiger partial charge on any atom is 0.275 e. The minimum atomic E-state index is -0.603. The van der Waals surface area contributed by atoms with E-state index in [0.29, 0.717) is 50.2 Å². The molecule has 1 saturated heterocycles. The lowest BCUT2D eigenvalue weighted by atomic mass is 10.0. The number of rotatable bonds is 7. The number of carbonyl (C=O) groups excluding carboxylic acids is 1. The van der Waals surface area contributed by atoms with Gasteiger partial charge in [0.1, 0.15) is 17.9 Å². The maximum atomic E-state index is 14.2. The van der Waals surface area contributed by atoms with Crippen molar-refractivity contribution in [3.05, 3.63) is 53.2 Å². The summed E-state index contributed by atoms with van der Waals surface area (Å²) in [6.07, 6.45) is 1.36. The number of nitrogens with zero attached hydrogens (tertiary/aromatic N) is 3. The highest BCUT2D eigenvalue weighted by atomic mass is 19.1. The summed E-state index contributed by atoms with van der Waals surface area (Å²) in [6.45, 7) is 8.85. The molecule has 0 aliphatic carbocycles. The lowest BCUT2D eigenvalue weighted by molar-refractivity contribution is 0.0299. The van der Waals surface area contributed by atoms with Crippen LogP contribution in [0.3, 0.4) is 0 Å². The molecule has 29 heavy (non-hydrogen) atoms. The summed E-state index contributed by atoms with van der Waals surface area (Å²) in [6, 6.07) is 3.68. The first-order chi connectivity index (χ1) is 13.8. The van der Waals surface area contributed by atoms with Gasteiger partial charge in [-0.25, -0.2) is 13.8 Å². The van der Waals surface area contributed by atoms with Crippen molar-refractivity contribution in [2.45, 2.75) is 39.9 Å². The van der Waals surface area contributed by atoms with Gasteiger partial charge in [0, 0.05) is 37.3 Å². The first-order valence-electron chi connectivity index (χ1n) is 9.84. The highest BCUT2D eigenvalue weighted by Gasteiger charge is 2.24. The highest BCUT2D eigenvalue weighted by Crippen LogP contribution is 2.20. The van der Waals surface area contributed by atoms with Gasteiger partial charge in [0.25, 0.3) is 5.91 Å². The molecule has 1 aromatic carbocycles. The average Bonchev–Trinajstić information content (AvgIpc) is 3.17. The van der Waals surface area contributed by atoms with Crippen LogP contribution in [0.15, 0.2) is 28.9 Å². The van der Waals surface area contributed by atoms with Crippen molar-refractivity contribution in [2.75, 3.05) is 26.3 Å². The molecule has 1 aromatic heterocycles. The van der Waals surface area contributed by atoms with Crippen molar-refractivity contribution >= 4 is 5.91 Å². The Morgan fingerprint density at radius 3 is 2.59 bits per heavy atom. The second-order valence-electron chi connectivity index (χ2n) is 7.66. The predicted octanol–water partition coefficient (Wildman–Crippen LogP) is 3.47. The second kappa shape index (κ2) is 9.45. The van der Waals surface area contributed by atoms with Crippen LogP contribution in [0.4, 0.5) is 8.78 Å². The van der Waals surface area contributed by atoms with Gasteiger partial charge >= 0.3 is 0 Å². The molecule has 1 aliphatic heterocycles. The summed E-state index contributed by atoms with van der Waals surface area (Å²) in [7, 11) is 0. The Bertz CT molecular complexity index is 834. The van der Waals surface area contributed by atoms with Crippen molar-refractivity contribution in [1.29, 1.82) is 0 Å². The van der Waals surface area contributed by atoms with Gasteiger partial charge in [-0.15, -0.1) is 0 Å². The van der Waals surface area contributed by atoms with Gasteiger partial charge in [0.2, 0.25) is 5.89 Å². The molecule has 8 heteroatoms. The van der Waals surface area contributed by atoms with Crippen LogP contribution in [-0.4, -0.2) is 53.0 Å². The largest absolute Gasteiger partial charge is 0.447 e. The molecule has 2 aromatic rings. The van der Waals surface area contributed by atoms with E-state index in [1.54, 1.807) is 4.90 Å². The Labute approximate surface area is 169 Å². The number of hydrogen-bond donors (Lipinski definition) is 0.